The summed E-state index contributed by atoms with van der Waals surface area (Å²) in [6.07, 6.45) is 5.17. The molecule has 2 bridgehead atoms. The van der Waals surface area contributed by atoms with Crippen LogP contribution in [0.4, 0.5) is 34.1 Å². The smallest absolute Gasteiger partial charge is 0.264 e. The predicted molar refractivity (Wildman–Crippen MR) is 250 cm³/mol. The third-order valence-corrected chi connectivity index (χ3v) is 15.8. The van der Waals surface area contributed by atoms with Gasteiger partial charge in [-0.1, -0.05) is 113 Å². The average Bonchev–Trinajstić information content (AvgIpc) is 3.52. The van der Waals surface area contributed by atoms with Gasteiger partial charge in [0.2, 0.25) is 0 Å². The van der Waals surface area contributed by atoms with Gasteiger partial charge in [-0.3, -0.25) is 0 Å². The summed E-state index contributed by atoms with van der Waals surface area (Å²) in [6, 6.07) is 36.6. The minimum Gasteiger partial charge on any atom is -0.311 e. The van der Waals surface area contributed by atoms with Crippen molar-refractivity contribution >= 4 is 78.0 Å². The highest BCUT2D eigenvalue weighted by Crippen LogP contribution is 2.58. The molecule has 0 spiro atoms. The molecule has 4 heteroatoms. The first-order chi connectivity index (χ1) is 26.7. The topological polar surface area (TPSA) is 6.48 Å². The maximum atomic E-state index is 2.67. The summed E-state index contributed by atoms with van der Waals surface area (Å²) >= 11 is 2.06. The summed E-state index contributed by atoms with van der Waals surface area (Å²) in [5.41, 5.74) is 19.9. The van der Waals surface area contributed by atoms with Crippen LogP contribution < -0.4 is 25.5 Å². The Kier molecular flexibility index (Phi) is 7.73. The molecule has 57 heavy (non-hydrogen) atoms. The maximum Gasteiger partial charge on any atom is 0.264 e. The zero-order chi connectivity index (χ0) is 40.2. The number of fused-ring (bicyclic) bond motifs is 8. The number of rotatable bonds is 2. The number of aryl methyl sites for hydroxylation is 1. The van der Waals surface area contributed by atoms with Crippen LogP contribution in [0, 0.1) is 6.92 Å². The number of hydrogen-bond donors (Lipinski definition) is 0. The molecule has 6 aromatic rings. The standard InChI is InChI=1S/C53H59BN2S/c1-32-27-43-46-44(28-32)56(37-20-15-34(16-21-37)50(5,6)7)47-38-30-39-40(53(12)25-23-52(39,11)24-26-53)31-45(38)57-48(47)54(46)41-29-35(51(8,9)10)17-22-42(41)55(43)36-18-13-33(14-19-36)49(2,3)4/h13-22,27-31H,23-26H2,1-12H3. The predicted octanol–water partition coefficient (Wildman–Crippen LogP) is 13.3. The van der Waals surface area contributed by atoms with Crippen LogP contribution in [0.3, 0.4) is 0 Å². The van der Waals surface area contributed by atoms with Gasteiger partial charge in [0.25, 0.3) is 6.71 Å². The minimum absolute atomic E-state index is 0.0202. The maximum absolute atomic E-state index is 2.67. The van der Waals surface area contributed by atoms with Crippen LogP contribution >= 0.6 is 11.3 Å². The molecular formula is C53H59BN2S. The van der Waals surface area contributed by atoms with E-state index in [1.807, 2.05) is 0 Å². The van der Waals surface area contributed by atoms with E-state index >= 15 is 0 Å². The SMILES string of the molecule is Cc1cc2c3c(c1)N(c1ccc(C(C)(C)C)cc1)c1c(sc4cc5c(cc14)C1(C)CCC5(C)CC1)B3c1cc(C(C)(C)C)ccc1N2c1ccc(C(C)(C)C)cc1. The van der Waals surface area contributed by atoms with E-state index in [0.717, 1.165) is 0 Å². The first-order valence-electron chi connectivity index (χ1n) is 21.5. The van der Waals surface area contributed by atoms with Crippen molar-refractivity contribution < 1.29 is 0 Å². The van der Waals surface area contributed by atoms with Gasteiger partial charge in [0.05, 0.1) is 5.69 Å². The Labute approximate surface area is 346 Å². The number of nitrogens with zero attached hydrogens (tertiary/aromatic N) is 2. The molecule has 1 saturated carbocycles. The van der Waals surface area contributed by atoms with Crippen molar-refractivity contribution in [2.75, 3.05) is 9.80 Å². The van der Waals surface area contributed by atoms with E-state index in [2.05, 4.69) is 195 Å². The van der Waals surface area contributed by atoms with Crippen LogP contribution in [-0.4, -0.2) is 6.71 Å². The molecule has 0 saturated heterocycles. The van der Waals surface area contributed by atoms with E-state index in [-0.39, 0.29) is 33.8 Å². The van der Waals surface area contributed by atoms with Crippen molar-refractivity contribution in [2.45, 2.75) is 136 Å². The first-order valence-corrected chi connectivity index (χ1v) is 22.3. The van der Waals surface area contributed by atoms with Crippen LogP contribution in [0.2, 0.25) is 0 Å². The van der Waals surface area contributed by atoms with Crippen molar-refractivity contribution in [3.8, 4) is 0 Å². The van der Waals surface area contributed by atoms with Crippen LogP contribution in [0.15, 0.2) is 91.0 Å². The third kappa shape index (κ3) is 5.48. The minimum atomic E-state index is 0.0202. The Morgan fingerprint density at radius 2 is 1.02 bits per heavy atom. The van der Waals surface area contributed by atoms with Crippen molar-refractivity contribution in [1.82, 2.24) is 0 Å². The molecule has 3 aliphatic carbocycles. The number of hydrogen-bond acceptors (Lipinski definition) is 3. The van der Waals surface area contributed by atoms with Crippen molar-refractivity contribution in [2.24, 2.45) is 0 Å². The highest BCUT2D eigenvalue weighted by molar-refractivity contribution is 7.33. The summed E-state index contributed by atoms with van der Waals surface area (Å²) < 4.78 is 2.91. The zero-order valence-electron chi connectivity index (χ0n) is 36.4. The summed E-state index contributed by atoms with van der Waals surface area (Å²) in [7, 11) is 0. The third-order valence-electron chi connectivity index (χ3n) is 14.6. The molecule has 1 fully saturated rings. The molecule has 11 rings (SSSR count). The molecule has 2 nitrogen and oxygen atoms in total. The summed E-state index contributed by atoms with van der Waals surface area (Å²) in [5.74, 6) is 0. The quantitative estimate of drug-likeness (QED) is 0.162. The van der Waals surface area contributed by atoms with Gasteiger partial charge in [0.15, 0.2) is 0 Å². The molecule has 0 amide bonds. The van der Waals surface area contributed by atoms with E-state index in [1.165, 1.54) is 108 Å². The molecular weight excluding hydrogens is 707 g/mol. The van der Waals surface area contributed by atoms with Crippen LogP contribution in [0.5, 0.6) is 0 Å². The highest BCUT2D eigenvalue weighted by Gasteiger charge is 2.50. The monoisotopic (exact) mass is 766 g/mol. The molecule has 5 aromatic carbocycles. The lowest BCUT2D eigenvalue weighted by Gasteiger charge is -2.52. The molecule has 3 heterocycles. The van der Waals surface area contributed by atoms with Gasteiger partial charge in [0, 0.05) is 43.3 Å². The Morgan fingerprint density at radius 3 is 1.54 bits per heavy atom. The van der Waals surface area contributed by atoms with Gasteiger partial charge in [-0.25, -0.2) is 0 Å². The lowest BCUT2D eigenvalue weighted by atomic mass is 9.36. The second kappa shape index (κ2) is 11.9. The fourth-order valence-electron chi connectivity index (χ4n) is 10.8. The fourth-order valence-corrected chi connectivity index (χ4v) is 12.1. The van der Waals surface area contributed by atoms with E-state index in [0.29, 0.717) is 0 Å². The Balaban J connectivity index is 1.30. The van der Waals surface area contributed by atoms with Gasteiger partial charge in [-0.2, -0.15) is 0 Å². The van der Waals surface area contributed by atoms with Crippen LogP contribution in [0.25, 0.3) is 10.1 Å². The first kappa shape index (κ1) is 37.0. The van der Waals surface area contributed by atoms with Crippen LogP contribution in [0.1, 0.15) is 135 Å². The highest BCUT2D eigenvalue weighted by atomic mass is 32.1. The van der Waals surface area contributed by atoms with Crippen LogP contribution in [-0.2, 0) is 27.1 Å². The molecule has 0 N–H and O–H groups in total. The van der Waals surface area contributed by atoms with Gasteiger partial charge in [-0.15, -0.1) is 11.3 Å². The van der Waals surface area contributed by atoms with Gasteiger partial charge in [0.1, 0.15) is 0 Å². The Morgan fingerprint density at radius 1 is 0.544 bits per heavy atom. The second-order valence-electron chi connectivity index (χ2n) is 21.8. The Hall–Kier alpha value is -4.28. The largest absolute Gasteiger partial charge is 0.311 e. The van der Waals surface area contributed by atoms with Gasteiger partial charge < -0.3 is 9.80 Å². The number of benzene rings is 5. The van der Waals surface area contributed by atoms with Crippen molar-refractivity contribution in [3.05, 3.63) is 124 Å². The van der Waals surface area contributed by atoms with E-state index < -0.39 is 0 Å². The summed E-state index contributed by atoms with van der Waals surface area (Å²) in [5, 5.41) is 1.42. The molecule has 0 atom stereocenters. The molecule has 0 radical (unpaired) electrons. The van der Waals surface area contributed by atoms with Gasteiger partial charge >= 0.3 is 0 Å². The van der Waals surface area contributed by atoms with E-state index in [9.17, 15) is 0 Å². The molecule has 290 valence electrons. The van der Waals surface area contributed by atoms with E-state index in [4.69, 9.17) is 0 Å². The summed E-state index contributed by atoms with van der Waals surface area (Å²) in [4.78, 5) is 5.24. The van der Waals surface area contributed by atoms with E-state index in [1.54, 1.807) is 11.1 Å². The van der Waals surface area contributed by atoms with Gasteiger partial charge in [-0.05, 0) is 159 Å². The second-order valence-corrected chi connectivity index (χ2v) is 22.9. The lowest BCUT2D eigenvalue weighted by molar-refractivity contribution is 0.188. The van der Waals surface area contributed by atoms with Crippen molar-refractivity contribution in [1.29, 1.82) is 0 Å². The molecule has 0 unspecified atom stereocenters. The number of thiophene rings is 1. The average molecular weight is 767 g/mol. The molecule has 5 aliphatic rings. The normalized spacial score (nSPS) is 21.1. The number of anilines is 6. The zero-order valence-corrected chi connectivity index (χ0v) is 37.2. The molecule has 2 aliphatic heterocycles. The fraction of sp³-hybridized carbons (Fsp3) is 0.396. The lowest BCUT2D eigenvalue weighted by Crippen LogP contribution is -2.60. The molecule has 1 aromatic heterocycles. The van der Waals surface area contributed by atoms with Crippen molar-refractivity contribution in [3.63, 3.8) is 0 Å². The summed E-state index contributed by atoms with van der Waals surface area (Å²) in [6.45, 7) is 28.5. The Bertz CT molecular complexity index is 2610.